The van der Waals surface area contributed by atoms with Crippen molar-refractivity contribution in [3.8, 4) is 0 Å². The highest BCUT2D eigenvalue weighted by Crippen LogP contribution is 2.23. The summed E-state index contributed by atoms with van der Waals surface area (Å²) in [6.45, 7) is 0. The number of carbonyl (C=O) groups excluding carboxylic acids is 1. The summed E-state index contributed by atoms with van der Waals surface area (Å²) in [5.41, 5.74) is 1.97. The van der Waals surface area contributed by atoms with E-state index in [1.54, 1.807) is 30.1 Å². The molecule has 0 radical (unpaired) electrons. The van der Waals surface area contributed by atoms with Crippen LogP contribution in [0.15, 0.2) is 23.9 Å². The monoisotopic (exact) mass is 204 g/mol. The van der Waals surface area contributed by atoms with E-state index in [1.807, 2.05) is 0 Å². The Kier molecular flexibility index (Phi) is 2.99. The van der Waals surface area contributed by atoms with Gasteiger partial charge in [0.1, 0.15) is 5.69 Å². The lowest BCUT2D eigenvalue weighted by Crippen LogP contribution is -2.06. The molecule has 0 aromatic carbocycles. The third-order valence-corrected chi connectivity index (χ3v) is 2.90. The molecule has 3 nitrogen and oxygen atoms in total. The van der Waals surface area contributed by atoms with Gasteiger partial charge >= 0.3 is 0 Å². The molecule has 0 bridgehead atoms. The number of ketones is 1. The number of allylic oxidation sites excluding steroid dienone is 2. The third kappa shape index (κ3) is 2.35. The number of carbonyl (C=O) groups is 1. The molecule has 2 rings (SSSR count). The Morgan fingerprint density at radius 1 is 1.40 bits per heavy atom. The first-order chi connectivity index (χ1) is 7.27. The summed E-state index contributed by atoms with van der Waals surface area (Å²) >= 11 is 0. The molecule has 3 heteroatoms. The van der Waals surface area contributed by atoms with Gasteiger partial charge < -0.3 is 0 Å². The van der Waals surface area contributed by atoms with Crippen LogP contribution in [0.4, 0.5) is 0 Å². The molecule has 1 aromatic heterocycles. The summed E-state index contributed by atoms with van der Waals surface area (Å²) in [6.07, 6.45) is 9.39. The molecule has 1 heterocycles. The third-order valence-electron chi connectivity index (χ3n) is 2.90. The van der Waals surface area contributed by atoms with Crippen molar-refractivity contribution in [3.05, 3.63) is 29.6 Å². The first-order valence-corrected chi connectivity index (χ1v) is 5.49. The highest BCUT2D eigenvalue weighted by molar-refractivity contribution is 6.03. The molecule has 0 aliphatic heterocycles. The lowest BCUT2D eigenvalue weighted by Gasteiger charge is -2.12. The molecule has 1 saturated carbocycles. The van der Waals surface area contributed by atoms with Crippen LogP contribution >= 0.6 is 0 Å². The van der Waals surface area contributed by atoms with E-state index in [4.69, 9.17) is 0 Å². The number of rotatable bonds is 2. The highest BCUT2D eigenvalue weighted by atomic mass is 16.1. The van der Waals surface area contributed by atoms with Crippen molar-refractivity contribution in [1.82, 2.24) is 9.78 Å². The Balaban J connectivity index is 2.12. The van der Waals surface area contributed by atoms with Crippen molar-refractivity contribution >= 4 is 5.78 Å². The minimum atomic E-state index is 0.0897. The highest BCUT2D eigenvalue weighted by Gasteiger charge is 2.10. The van der Waals surface area contributed by atoms with Gasteiger partial charge in [-0.15, -0.1) is 0 Å². The molecule has 1 fully saturated rings. The van der Waals surface area contributed by atoms with Crippen molar-refractivity contribution in [2.75, 3.05) is 0 Å². The van der Waals surface area contributed by atoms with Gasteiger partial charge in [-0.05, 0) is 37.8 Å². The van der Waals surface area contributed by atoms with Gasteiger partial charge in [-0.25, -0.2) is 0 Å². The number of hydrogen-bond acceptors (Lipinski definition) is 2. The fourth-order valence-corrected chi connectivity index (χ4v) is 2.03. The van der Waals surface area contributed by atoms with Gasteiger partial charge in [0, 0.05) is 13.2 Å². The molecule has 1 aliphatic rings. The number of hydrogen-bond donors (Lipinski definition) is 0. The normalized spacial score (nSPS) is 16.5. The number of aryl methyl sites for hydroxylation is 1. The van der Waals surface area contributed by atoms with Crippen LogP contribution in [0.1, 0.15) is 42.6 Å². The van der Waals surface area contributed by atoms with E-state index in [-0.39, 0.29) is 5.78 Å². The second-order valence-corrected chi connectivity index (χ2v) is 4.07. The molecule has 0 atom stereocenters. The Hall–Kier alpha value is -1.38. The fourth-order valence-electron chi connectivity index (χ4n) is 2.03. The summed E-state index contributed by atoms with van der Waals surface area (Å²) in [7, 11) is 1.80. The van der Waals surface area contributed by atoms with Crippen LogP contribution in [0.5, 0.6) is 0 Å². The molecule has 0 N–H and O–H groups in total. The lowest BCUT2D eigenvalue weighted by atomic mass is 9.94. The Morgan fingerprint density at radius 2 is 2.13 bits per heavy atom. The first kappa shape index (κ1) is 10.1. The van der Waals surface area contributed by atoms with Crippen LogP contribution in [0.25, 0.3) is 0 Å². The van der Waals surface area contributed by atoms with E-state index < -0.39 is 0 Å². The summed E-state index contributed by atoms with van der Waals surface area (Å²) in [5, 5.41) is 4.00. The number of nitrogens with zero attached hydrogens (tertiary/aromatic N) is 2. The van der Waals surface area contributed by atoms with Crippen LogP contribution in [0, 0.1) is 0 Å². The van der Waals surface area contributed by atoms with Gasteiger partial charge in [-0.2, -0.15) is 5.10 Å². The van der Waals surface area contributed by atoms with Gasteiger partial charge in [-0.3, -0.25) is 9.48 Å². The van der Waals surface area contributed by atoms with Gasteiger partial charge in [-0.1, -0.05) is 12.0 Å². The Bertz CT molecular complexity index is 382. The predicted octanol–water partition coefficient (Wildman–Crippen LogP) is 2.49. The minimum absolute atomic E-state index is 0.0897. The zero-order chi connectivity index (χ0) is 10.7. The van der Waals surface area contributed by atoms with Gasteiger partial charge in [0.2, 0.25) is 5.78 Å². The van der Waals surface area contributed by atoms with Crippen LogP contribution < -0.4 is 0 Å². The molecular formula is C12H16N2O. The average Bonchev–Trinajstić information content (AvgIpc) is 2.66. The average molecular weight is 204 g/mol. The lowest BCUT2D eigenvalue weighted by molar-refractivity contribution is 0.103. The van der Waals surface area contributed by atoms with Crippen molar-refractivity contribution in [1.29, 1.82) is 0 Å². The maximum Gasteiger partial charge on any atom is 0.203 e. The molecule has 1 aliphatic carbocycles. The SMILES string of the molecule is Cn1nccc1C(=O)C=C1CCCCC1. The molecule has 0 saturated heterocycles. The van der Waals surface area contributed by atoms with Crippen molar-refractivity contribution in [2.24, 2.45) is 7.05 Å². The number of aromatic nitrogens is 2. The smallest absolute Gasteiger partial charge is 0.203 e. The summed E-state index contributed by atoms with van der Waals surface area (Å²) in [4.78, 5) is 11.9. The quantitative estimate of drug-likeness (QED) is 0.548. The van der Waals surface area contributed by atoms with E-state index in [9.17, 15) is 4.79 Å². The van der Waals surface area contributed by atoms with E-state index >= 15 is 0 Å². The van der Waals surface area contributed by atoms with Crippen LogP contribution in [-0.4, -0.2) is 15.6 Å². The van der Waals surface area contributed by atoms with Gasteiger partial charge in [0.05, 0.1) is 0 Å². The van der Waals surface area contributed by atoms with Crippen molar-refractivity contribution in [2.45, 2.75) is 32.1 Å². The molecule has 0 unspecified atom stereocenters. The standard InChI is InChI=1S/C12H16N2O/c1-14-11(7-8-13-14)12(15)9-10-5-3-2-4-6-10/h7-9H,2-6H2,1H3. The molecule has 0 spiro atoms. The van der Waals surface area contributed by atoms with Crippen molar-refractivity contribution < 1.29 is 4.79 Å². The first-order valence-electron chi connectivity index (χ1n) is 5.49. The summed E-state index contributed by atoms with van der Waals surface area (Å²) < 4.78 is 1.63. The van der Waals surface area contributed by atoms with Crippen LogP contribution in [-0.2, 0) is 7.05 Å². The van der Waals surface area contributed by atoms with E-state index in [1.165, 1.54) is 24.8 Å². The maximum absolute atomic E-state index is 11.9. The van der Waals surface area contributed by atoms with Gasteiger partial charge in [0.25, 0.3) is 0 Å². The molecule has 15 heavy (non-hydrogen) atoms. The molecule has 80 valence electrons. The van der Waals surface area contributed by atoms with Crippen LogP contribution in [0.2, 0.25) is 0 Å². The topological polar surface area (TPSA) is 34.9 Å². The van der Waals surface area contributed by atoms with Gasteiger partial charge in [0.15, 0.2) is 0 Å². The molecular weight excluding hydrogens is 188 g/mol. The second kappa shape index (κ2) is 4.43. The van der Waals surface area contributed by atoms with E-state index in [0.717, 1.165) is 12.8 Å². The largest absolute Gasteiger partial charge is 0.288 e. The Morgan fingerprint density at radius 3 is 2.73 bits per heavy atom. The molecule has 1 aromatic rings. The van der Waals surface area contributed by atoms with Crippen LogP contribution in [0.3, 0.4) is 0 Å². The van der Waals surface area contributed by atoms with E-state index in [2.05, 4.69) is 5.10 Å². The fraction of sp³-hybridized carbons (Fsp3) is 0.500. The second-order valence-electron chi connectivity index (χ2n) is 4.07. The zero-order valence-electron chi connectivity index (χ0n) is 9.07. The maximum atomic E-state index is 11.9. The Labute approximate surface area is 89.8 Å². The summed E-state index contributed by atoms with van der Waals surface area (Å²) in [6, 6.07) is 1.77. The minimum Gasteiger partial charge on any atom is -0.288 e. The molecule has 0 amide bonds. The van der Waals surface area contributed by atoms with Crippen molar-refractivity contribution in [3.63, 3.8) is 0 Å². The predicted molar refractivity (Wildman–Crippen MR) is 58.7 cm³/mol. The zero-order valence-corrected chi connectivity index (χ0v) is 9.07. The summed E-state index contributed by atoms with van der Waals surface area (Å²) in [5.74, 6) is 0.0897. The van der Waals surface area contributed by atoms with E-state index in [0.29, 0.717) is 5.69 Å².